The van der Waals surface area contributed by atoms with Crippen molar-refractivity contribution in [2.45, 2.75) is 38.8 Å². The van der Waals surface area contributed by atoms with E-state index in [1.807, 2.05) is 18.7 Å². The van der Waals surface area contributed by atoms with Gasteiger partial charge in [0.1, 0.15) is 0 Å². The lowest BCUT2D eigenvalue weighted by atomic mass is 10.0. The molecule has 0 aromatic carbocycles. The first-order chi connectivity index (χ1) is 9.49. The number of rotatable bonds is 4. The minimum Gasteiger partial charge on any atom is -0.459 e. The van der Waals surface area contributed by atoms with E-state index in [1.54, 1.807) is 6.07 Å². The second kappa shape index (κ2) is 6.09. The molecule has 1 saturated heterocycles. The van der Waals surface area contributed by atoms with Gasteiger partial charge in [-0.2, -0.15) is 0 Å². The number of nitrogens with one attached hydrogen (secondary N) is 1. The first-order valence-electron chi connectivity index (χ1n) is 6.87. The third kappa shape index (κ3) is 3.19. The highest BCUT2D eigenvalue weighted by Gasteiger charge is 2.26. The average Bonchev–Trinajstić information content (AvgIpc) is 2.85. The number of hydrogen-bond acceptors (Lipinski definition) is 4. The fraction of sp³-hybridized carbons (Fsp3) is 0.571. The maximum Gasteiger partial charge on any atom is 0.287 e. The summed E-state index contributed by atoms with van der Waals surface area (Å²) in [6.07, 6.45) is 3.13. The van der Waals surface area contributed by atoms with E-state index in [4.69, 9.17) is 10.2 Å². The Morgan fingerprint density at radius 3 is 2.60 bits per heavy atom. The van der Waals surface area contributed by atoms with Gasteiger partial charge < -0.3 is 15.5 Å². The maximum absolute atomic E-state index is 12.0. The Hall–Kier alpha value is -1.82. The summed E-state index contributed by atoms with van der Waals surface area (Å²) >= 11 is 0. The van der Waals surface area contributed by atoms with Crippen molar-refractivity contribution in [1.29, 1.82) is 0 Å². The van der Waals surface area contributed by atoms with E-state index >= 15 is 0 Å². The molecule has 0 spiro atoms. The largest absolute Gasteiger partial charge is 0.459 e. The smallest absolute Gasteiger partial charge is 0.287 e. The molecule has 110 valence electrons. The zero-order chi connectivity index (χ0) is 14.7. The van der Waals surface area contributed by atoms with Gasteiger partial charge in [-0.25, -0.2) is 0 Å². The van der Waals surface area contributed by atoms with Crippen LogP contribution in [-0.2, 0) is 4.79 Å². The van der Waals surface area contributed by atoms with Gasteiger partial charge in [-0.3, -0.25) is 14.5 Å². The van der Waals surface area contributed by atoms with Crippen LogP contribution in [-0.4, -0.2) is 41.9 Å². The Morgan fingerprint density at radius 1 is 1.45 bits per heavy atom. The quantitative estimate of drug-likeness (QED) is 0.847. The van der Waals surface area contributed by atoms with E-state index in [9.17, 15) is 9.59 Å². The molecule has 1 atom stereocenters. The van der Waals surface area contributed by atoms with Gasteiger partial charge in [0.05, 0.1) is 12.3 Å². The number of carbonyl (C=O) groups is 2. The van der Waals surface area contributed by atoms with Crippen molar-refractivity contribution < 1.29 is 14.0 Å². The van der Waals surface area contributed by atoms with Crippen LogP contribution in [0.3, 0.4) is 0 Å². The molecular formula is C14H21N3O3. The highest BCUT2D eigenvalue weighted by molar-refractivity contribution is 5.93. The maximum atomic E-state index is 12.0. The van der Waals surface area contributed by atoms with Crippen molar-refractivity contribution in [3.8, 4) is 0 Å². The number of primary amides is 1. The lowest BCUT2D eigenvalue weighted by Crippen LogP contribution is -2.50. The second-order valence-electron chi connectivity index (χ2n) is 5.29. The molecule has 2 rings (SSSR count). The summed E-state index contributed by atoms with van der Waals surface area (Å²) in [6, 6.07) is 1.63. The Morgan fingerprint density at radius 2 is 2.10 bits per heavy atom. The second-order valence-corrected chi connectivity index (χ2v) is 5.29. The normalized spacial score (nSPS) is 18.7. The molecule has 1 fully saturated rings. The molecule has 2 amide bonds. The number of aryl methyl sites for hydroxylation is 1. The molecule has 0 bridgehead atoms. The Labute approximate surface area is 118 Å². The molecule has 20 heavy (non-hydrogen) atoms. The zero-order valence-corrected chi connectivity index (χ0v) is 11.9. The number of nitrogens with zero attached hydrogens (tertiary/aromatic N) is 1. The lowest BCUT2D eigenvalue weighted by molar-refractivity contribution is -0.123. The number of furan rings is 1. The van der Waals surface area contributed by atoms with Crippen LogP contribution in [0.25, 0.3) is 0 Å². The average molecular weight is 279 g/mol. The van der Waals surface area contributed by atoms with Gasteiger partial charge in [0.25, 0.3) is 5.91 Å². The zero-order valence-electron chi connectivity index (χ0n) is 11.9. The molecule has 1 aliphatic rings. The predicted octanol–water partition coefficient (Wildman–Crippen LogP) is 0.656. The Balaban J connectivity index is 1.84. The van der Waals surface area contributed by atoms with Crippen LogP contribution in [0.4, 0.5) is 0 Å². The van der Waals surface area contributed by atoms with Gasteiger partial charge >= 0.3 is 0 Å². The van der Waals surface area contributed by atoms with Gasteiger partial charge in [-0.15, -0.1) is 0 Å². The lowest BCUT2D eigenvalue weighted by Gasteiger charge is -2.34. The number of carbonyl (C=O) groups excluding carboxylic acids is 2. The third-order valence-electron chi connectivity index (χ3n) is 3.89. The van der Waals surface area contributed by atoms with Crippen molar-refractivity contribution in [1.82, 2.24) is 10.2 Å². The highest BCUT2D eigenvalue weighted by Crippen LogP contribution is 2.15. The summed E-state index contributed by atoms with van der Waals surface area (Å²) in [5.74, 6) is -0.106. The number of nitrogens with two attached hydrogens (primary N) is 1. The topological polar surface area (TPSA) is 88.6 Å². The first kappa shape index (κ1) is 14.6. The number of hydrogen-bond donors (Lipinski definition) is 2. The van der Waals surface area contributed by atoms with Gasteiger partial charge in [0, 0.05) is 24.7 Å². The van der Waals surface area contributed by atoms with Crippen molar-refractivity contribution in [3.05, 3.63) is 23.7 Å². The van der Waals surface area contributed by atoms with E-state index in [1.165, 1.54) is 6.26 Å². The van der Waals surface area contributed by atoms with Crippen LogP contribution in [0.1, 0.15) is 35.9 Å². The minimum absolute atomic E-state index is 0.114. The van der Waals surface area contributed by atoms with Crippen LogP contribution in [0.2, 0.25) is 0 Å². The third-order valence-corrected chi connectivity index (χ3v) is 3.89. The van der Waals surface area contributed by atoms with Crippen molar-refractivity contribution in [3.63, 3.8) is 0 Å². The Bertz CT molecular complexity index is 490. The summed E-state index contributed by atoms with van der Waals surface area (Å²) < 4.78 is 5.17. The van der Waals surface area contributed by atoms with E-state index in [2.05, 4.69) is 5.32 Å². The van der Waals surface area contributed by atoms with E-state index in [0.29, 0.717) is 5.76 Å². The SMILES string of the molecule is Cc1ccoc1C(=O)NC1CCN(C(C)C(N)=O)CC1. The van der Waals surface area contributed by atoms with Crippen LogP contribution < -0.4 is 11.1 Å². The summed E-state index contributed by atoms with van der Waals surface area (Å²) in [7, 11) is 0. The number of piperidine rings is 1. The van der Waals surface area contributed by atoms with Crippen LogP contribution in [0.5, 0.6) is 0 Å². The number of amides is 2. The minimum atomic E-state index is -0.307. The molecule has 1 aliphatic heterocycles. The van der Waals surface area contributed by atoms with E-state index in [-0.39, 0.29) is 23.9 Å². The number of likely N-dealkylation sites (tertiary alicyclic amines) is 1. The molecule has 1 aromatic rings. The summed E-state index contributed by atoms with van der Waals surface area (Å²) in [4.78, 5) is 25.2. The molecule has 0 saturated carbocycles. The highest BCUT2D eigenvalue weighted by atomic mass is 16.3. The summed E-state index contributed by atoms with van der Waals surface area (Å²) in [6.45, 7) is 5.17. The van der Waals surface area contributed by atoms with Gasteiger partial charge in [0.15, 0.2) is 5.76 Å². The molecule has 3 N–H and O–H groups in total. The van der Waals surface area contributed by atoms with Crippen molar-refractivity contribution >= 4 is 11.8 Å². The van der Waals surface area contributed by atoms with Crippen LogP contribution in [0, 0.1) is 6.92 Å². The first-order valence-corrected chi connectivity index (χ1v) is 6.87. The van der Waals surface area contributed by atoms with E-state index in [0.717, 1.165) is 31.5 Å². The molecule has 2 heterocycles. The summed E-state index contributed by atoms with van der Waals surface area (Å²) in [5, 5.41) is 2.98. The molecule has 6 heteroatoms. The molecule has 1 aromatic heterocycles. The molecule has 0 aliphatic carbocycles. The fourth-order valence-electron chi connectivity index (χ4n) is 2.47. The van der Waals surface area contributed by atoms with Crippen molar-refractivity contribution in [2.75, 3.05) is 13.1 Å². The molecular weight excluding hydrogens is 258 g/mol. The monoisotopic (exact) mass is 279 g/mol. The van der Waals surface area contributed by atoms with Crippen LogP contribution in [0.15, 0.2) is 16.7 Å². The molecule has 6 nitrogen and oxygen atoms in total. The van der Waals surface area contributed by atoms with Gasteiger partial charge in [-0.05, 0) is 32.8 Å². The van der Waals surface area contributed by atoms with Gasteiger partial charge in [0.2, 0.25) is 5.91 Å². The van der Waals surface area contributed by atoms with E-state index < -0.39 is 0 Å². The fourth-order valence-corrected chi connectivity index (χ4v) is 2.47. The predicted molar refractivity (Wildman–Crippen MR) is 74.2 cm³/mol. The molecule has 0 radical (unpaired) electrons. The summed E-state index contributed by atoms with van der Waals surface area (Å²) in [5.41, 5.74) is 6.14. The molecule has 1 unspecified atom stereocenters. The van der Waals surface area contributed by atoms with Crippen LogP contribution >= 0.6 is 0 Å². The van der Waals surface area contributed by atoms with Crippen molar-refractivity contribution in [2.24, 2.45) is 5.73 Å². The Kier molecular flexibility index (Phi) is 4.44. The standard InChI is InChI=1S/C14H21N3O3/c1-9-5-8-20-12(9)14(19)16-11-3-6-17(7-4-11)10(2)13(15)18/h5,8,10-11H,3-4,6-7H2,1-2H3,(H2,15,18)(H,16,19). The van der Waals surface area contributed by atoms with Gasteiger partial charge in [-0.1, -0.05) is 0 Å².